The molecule has 29 heavy (non-hydrogen) atoms. The van der Waals surface area contributed by atoms with E-state index in [4.69, 9.17) is 4.98 Å². The third-order valence-corrected chi connectivity index (χ3v) is 6.90. The number of hydrogen-bond donors (Lipinski definition) is 0. The largest absolute Gasteiger partial charge is 0.353 e. The van der Waals surface area contributed by atoms with Crippen molar-refractivity contribution in [3.05, 3.63) is 47.5 Å². The van der Waals surface area contributed by atoms with Crippen LogP contribution in [0.4, 0.5) is 11.8 Å². The van der Waals surface area contributed by atoms with E-state index >= 15 is 0 Å². The van der Waals surface area contributed by atoms with Crippen LogP contribution in [-0.2, 0) is 0 Å². The first-order valence-corrected chi connectivity index (χ1v) is 11.2. The summed E-state index contributed by atoms with van der Waals surface area (Å²) in [5, 5.41) is 1.14. The Labute approximate surface area is 174 Å². The van der Waals surface area contributed by atoms with Gasteiger partial charge in [-0.3, -0.25) is 4.79 Å². The summed E-state index contributed by atoms with van der Waals surface area (Å²) in [5.74, 6) is 1.95. The highest BCUT2D eigenvalue weighted by Crippen LogP contribution is 2.27. The highest BCUT2D eigenvalue weighted by Gasteiger charge is 2.25. The SMILES string of the molecule is O=C(c1cc2ccccc2s1)N1CCN(c2ccnc(N3CCCCC3)n2)CC1. The van der Waals surface area contributed by atoms with Gasteiger partial charge in [0.15, 0.2) is 0 Å². The fraction of sp³-hybridized carbons (Fsp3) is 0.409. The maximum absolute atomic E-state index is 13.0. The Kier molecular flexibility index (Phi) is 5.06. The molecule has 0 aliphatic carbocycles. The van der Waals surface area contributed by atoms with E-state index in [0.29, 0.717) is 0 Å². The Bertz CT molecular complexity index is 972. The number of nitrogens with zero attached hydrogens (tertiary/aromatic N) is 5. The van der Waals surface area contributed by atoms with Crippen LogP contribution in [0.5, 0.6) is 0 Å². The predicted molar refractivity (Wildman–Crippen MR) is 118 cm³/mol. The molecule has 6 nitrogen and oxygen atoms in total. The minimum atomic E-state index is 0.141. The van der Waals surface area contributed by atoms with E-state index in [9.17, 15) is 4.79 Å². The molecule has 0 saturated carbocycles. The third-order valence-electron chi connectivity index (χ3n) is 5.79. The van der Waals surface area contributed by atoms with Crippen LogP contribution in [0.1, 0.15) is 28.9 Å². The number of amides is 1. The van der Waals surface area contributed by atoms with Crippen LogP contribution in [0.15, 0.2) is 42.6 Å². The summed E-state index contributed by atoms with van der Waals surface area (Å²) in [6, 6.07) is 12.2. The second-order valence-electron chi connectivity index (χ2n) is 7.69. The van der Waals surface area contributed by atoms with Gasteiger partial charge in [-0.05, 0) is 42.8 Å². The van der Waals surface area contributed by atoms with Crippen molar-refractivity contribution in [3.8, 4) is 0 Å². The normalized spacial score (nSPS) is 17.7. The Morgan fingerprint density at radius 3 is 2.48 bits per heavy atom. The minimum Gasteiger partial charge on any atom is -0.353 e. The Morgan fingerprint density at radius 1 is 0.897 bits per heavy atom. The molecule has 0 radical (unpaired) electrons. The molecular formula is C22H25N5OS. The number of carbonyl (C=O) groups is 1. The first-order chi connectivity index (χ1) is 14.3. The second kappa shape index (κ2) is 7.99. The van der Waals surface area contributed by atoms with Crippen molar-refractivity contribution in [2.45, 2.75) is 19.3 Å². The average molecular weight is 408 g/mol. The number of anilines is 2. The number of piperazine rings is 1. The van der Waals surface area contributed by atoms with E-state index in [1.54, 1.807) is 11.3 Å². The topological polar surface area (TPSA) is 52.6 Å². The van der Waals surface area contributed by atoms with E-state index in [2.05, 4.69) is 26.9 Å². The van der Waals surface area contributed by atoms with Crippen molar-refractivity contribution in [3.63, 3.8) is 0 Å². The van der Waals surface area contributed by atoms with Gasteiger partial charge in [0.2, 0.25) is 5.95 Å². The Morgan fingerprint density at radius 2 is 1.69 bits per heavy atom. The average Bonchev–Trinajstić information content (AvgIpc) is 3.24. The molecule has 5 rings (SSSR count). The van der Waals surface area contributed by atoms with E-state index < -0.39 is 0 Å². The van der Waals surface area contributed by atoms with Crippen molar-refractivity contribution in [1.29, 1.82) is 0 Å². The molecule has 0 unspecified atom stereocenters. The van der Waals surface area contributed by atoms with Crippen LogP contribution in [0.25, 0.3) is 10.1 Å². The molecule has 2 fully saturated rings. The van der Waals surface area contributed by atoms with Crippen LogP contribution in [-0.4, -0.2) is 60.0 Å². The summed E-state index contributed by atoms with van der Waals surface area (Å²) in [6.07, 6.45) is 5.59. The maximum atomic E-state index is 13.0. The molecule has 2 saturated heterocycles. The fourth-order valence-corrected chi connectivity index (χ4v) is 5.17. The van der Waals surface area contributed by atoms with E-state index in [1.165, 1.54) is 24.0 Å². The summed E-state index contributed by atoms with van der Waals surface area (Å²) in [7, 11) is 0. The van der Waals surface area contributed by atoms with Crippen LogP contribution >= 0.6 is 11.3 Å². The summed E-state index contributed by atoms with van der Waals surface area (Å²) in [5.41, 5.74) is 0. The number of piperidine rings is 1. The smallest absolute Gasteiger partial charge is 0.264 e. The molecule has 2 aliphatic rings. The summed E-state index contributed by atoms with van der Waals surface area (Å²) >= 11 is 1.58. The molecule has 7 heteroatoms. The van der Waals surface area contributed by atoms with E-state index in [-0.39, 0.29) is 5.91 Å². The molecular weight excluding hydrogens is 382 g/mol. The third kappa shape index (κ3) is 3.79. The lowest BCUT2D eigenvalue weighted by Gasteiger charge is -2.35. The van der Waals surface area contributed by atoms with Gasteiger partial charge in [0.1, 0.15) is 5.82 Å². The molecule has 1 amide bonds. The maximum Gasteiger partial charge on any atom is 0.264 e. The summed E-state index contributed by atoms with van der Waals surface area (Å²) in [4.78, 5) is 29.6. The van der Waals surface area contributed by atoms with Crippen molar-refractivity contribution < 1.29 is 4.79 Å². The van der Waals surface area contributed by atoms with Gasteiger partial charge in [0.05, 0.1) is 4.88 Å². The molecule has 0 atom stereocenters. The molecule has 1 aromatic carbocycles. The zero-order chi connectivity index (χ0) is 19.6. The van der Waals surface area contributed by atoms with E-state index in [1.807, 2.05) is 35.4 Å². The molecule has 0 bridgehead atoms. The number of benzene rings is 1. The van der Waals surface area contributed by atoms with Gasteiger partial charge in [-0.1, -0.05) is 18.2 Å². The highest BCUT2D eigenvalue weighted by atomic mass is 32.1. The standard InChI is InChI=1S/C22H25N5OS/c28-21(19-16-17-6-2-3-7-18(17)29-19)26-14-12-25(13-15-26)20-8-9-23-22(24-20)27-10-4-1-5-11-27/h2-3,6-9,16H,1,4-5,10-15H2. The Balaban J connectivity index is 1.25. The van der Waals surface area contributed by atoms with Gasteiger partial charge < -0.3 is 14.7 Å². The van der Waals surface area contributed by atoms with Gasteiger partial charge in [0.25, 0.3) is 5.91 Å². The molecule has 2 aromatic heterocycles. The van der Waals surface area contributed by atoms with Gasteiger partial charge in [-0.25, -0.2) is 4.98 Å². The van der Waals surface area contributed by atoms with Crippen LogP contribution in [0.3, 0.4) is 0 Å². The molecule has 150 valence electrons. The van der Waals surface area contributed by atoms with Crippen molar-refractivity contribution in [2.24, 2.45) is 0 Å². The summed E-state index contributed by atoms with van der Waals surface area (Å²) in [6.45, 7) is 5.12. The van der Waals surface area contributed by atoms with E-state index in [0.717, 1.165) is 61.3 Å². The van der Waals surface area contributed by atoms with Gasteiger partial charge in [-0.2, -0.15) is 4.98 Å². The number of hydrogen-bond acceptors (Lipinski definition) is 6. The first kappa shape index (κ1) is 18.4. The quantitative estimate of drug-likeness (QED) is 0.663. The zero-order valence-corrected chi connectivity index (χ0v) is 17.3. The number of rotatable bonds is 3. The molecule has 0 N–H and O–H groups in total. The van der Waals surface area contributed by atoms with Crippen LogP contribution in [0.2, 0.25) is 0 Å². The van der Waals surface area contributed by atoms with Gasteiger partial charge in [0, 0.05) is 50.2 Å². The van der Waals surface area contributed by atoms with Crippen molar-refractivity contribution >= 4 is 39.1 Å². The predicted octanol–water partition coefficient (Wildman–Crippen LogP) is 3.64. The van der Waals surface area contributed by atoms with Gasteiger partial charge in [-0.15, -0.1) is 11.3 Å². The van der Waals surface area contributed by atoms with Crippen molar-refractivity contribution in [2.75, 3.05) is 49.1 Å². The van der Waals surface area contributed by atoms with Crippen LogP contribution in [0, 0.1) is 0 Å². The lowest BCUT2D eigenvalue weighted by atomic mass is 10.1. The molecule has 4 heterocycles. The monoisotopic (exact) mass is 407 g/mol. The zero-order valence-electron chi connectivity index (χ0n) is 16.5. The highest BCUT2D eigenvalue weighted by molar-refractivity contribution is 7.20. The van der Waals surface area contributed by atoms with Crippen molar-refractivity contribution in [1.82, 2.24) is 14.9 Å². The Hall–Kier alpha value is -2.67. The molecule has 3 aromatic rings. The number of fused-ring (bicyclic) bond motifs is 1. The van der Waals surface area contributed by atoms with Gasteiger partial charge >= 0.3 is 0 Å². The molecule has 0 spiro atoms. The van der Waals surface area contributed by atoms with Crippen LogP contribution < -0.4 is 9.80 Å². The lowest BCUT2D eigenvalue weighted by molar-refractivity contribution is 0.0751. The second-order valence-corrected chi connectivity index (χ2v) is 8.77. The number of carbonyl (C=O) groups excluding carboxylic acids is 1. The fourth-order valence-electron chi connectivity index (χ4n) is 4.14. The molecule has 2 aliphatic heterocycles. The number of aromatic nitrogens is 2. The lowest BCUT2D eigenvalue weighted by Crippen LogP contribution is -2.49. The summed E-state index contributed by atoms with van der Waals surface area (Å²) < 4.78 is 1.17. The number of thiophene rings is 1. The first-order valence-electron chi connectivity index (χ1n) is 10.4. The minimum absolute atomic E-state index is 0.141.